The van der Waals surface area contributed by atoms with E-state index in [2.05, 4.69) is 25.6 Å². The van der Waals surface area contributed by atoms with Crippen LogP contribution in [0.2, 0.25) is 0 Å². The summed E-state index contributed by atoms with van der Waals surface area (Å²) in [4.78, 5) is 8.62. The number of hydrogen-bond acceptors (Lipinski definition) is 6. The Labute approximate surface area is 127 Å². The standard InChI is InChI=1S/C15H16N6O/c1-2-4-12(5-3-1)21-15-13(19-20-21)14(17-10-18-15)16-8-11-6-7-22-9-11/h1-5,10-11H,6-9H2,(H,16,17,18). The van der Waals surface area contributed by atoms with Gasteiger partial charge in [-0.25, -0.2) is 9.97 Å². The van der Waals surface area contributed by atoms with Crippen LogP contribution in [-0.4, -0.2) is 44.7 Å². The van der Waals surface area contributed by atoms with Crippen LogP contribution in [0.4, 0.5) is 5.82 Å². The Hall–Kier alpha value is -2.54. The third kappa shape index (κ3) is 2.39. The fourth-order valence-electron chi connectivity index (χ4n) is 2.61. The maximum Gasteiger partial charge on any atom is 0.188 e. The summed E-state index contributed by atoms with van der Waals surface area (Å²) in [5.41, 5.74) is 2.32. The first-order valence-corrected chi connectivity index (χ1v) is 7.35. The summed E-state index contributed by atoms with van der Waals surface area (Å²) in [6, 6.07) is 9.83. The number of ether oxygens (including phenoxy) is 1. The summed E-state index contributed by atoms with van der Waals surface area (Å²) in [6.07, 6.45) is 2.62. The Balaban J connectivity index is 1.65. The Morgan fingerprint density at radius 2 is 2.14 bits per heavy atom. The topological polar surface area (TPSA) is 77.8 Å². The van der Waals surface area contributed by atoms with Gasteiger partial charge in [-0.2, -0.15) is 4.68 Å². The molecule has 7 heteroatoms. The Morgan fingerprint density at radius 1 is 1.23 bits per heavy atom. The van der Waals surface area contributed by atoms with E-state index in [0.29, 0.717) is 17.1 Å². The molecule has 0 bridgehead atoms. The van der Waals surface area contributed by atoms with Crippen LogP contribution < -0.4 is 5.32 Å². The highest BCUT2D eigenvalue weighted by molar-refractivity contribution is 5.82. The van der Waals surface area contributed by atoms with Crippen molar-refractivity contribution in [3.8, 4) is 5.69 Å². The van der Waals surface area contributed by atoms with Crippen molar-refractivity contribution < 1.29 is 4.74 Å². The maximum absolute atomic E-state index is 5.39. The highest BCUT2D eigenvalue weighted by atomic mass is 16.5. The lowest BCUT2D eigenvalue weighted by Gasteiger charge is -2.09. The minimum absolute atomic E-state index is 0.522. The fraction of sp³-hybridized carbons (Fsp3) is 0.333. The molecule has 3 aromatic rings. The van der Waals surface area contributed by atoms with Gasteiger partial charge in [-0.3, -0.25) is 0 Å². The second kappa shape index (κ2) is 5.69. The lowest BCUT2D eigenvalue weighted by Crippen LogP contribution is -2.15. The number of hydrogen-bond donors (Lipinski definition) is 1. The summed E-state index contributed by atoms with van der Waals surface area (Å²) < 4.78 is 7.11. The van der Waals surface area contributed by atoms with Crippen LogP contribution >= 0.6 is 0 Å². The molecule has 1 aliphatic rings. The zero-order valence-corrected chi connectivity index (χ0v) is 12.0. The highest BCUT2D eigenvalue weighted by Crippen LogP contribution is 2.20. The van der Waals surface area contributed by atoms with Gasteiger partial charge in [-0.15, -0.1) is 5.10 Å². The molecule has 1 atom stereocenters. The molecule has 3 heterocycles. The highest BCUT2D eigenvalue weighted by Gasteiger charge is 2.17. The second-order valence-corrected chi connectivity index (χ2v) is 5.34. The molecule has 7 nitrogen and oxygen atoms in total. The minimum Gasteiger partial charge on any atom is -0.381 e. The third-order valence-electron chi connectivity index (χ3n) is 3.82. The van der Waals surface area contributed by atoms with Crippen molar-refractivity contribution in [2.75, 3.05) is 25.1 Å². The average Bonchev–Trinajstić information content (AvgIpc) is 3.23. The molecule has 2 aromatic heterocycles. The van der Waals surface area contributed by atoms with Gasteiger partial charge in [0.15, 0.2) is 17.0 Å². The summed E-state index contributed by atoms with van der Waals surface area (Å²) >= 11 is 0. The van der Waals surface area contributed by atoms with Crippen molar-refractivity contribution >= 4 is 17.0 Å². The van der Waals surface area contributed by atoms with Gasteiger partial charge in [0.25, 0.3) is 0 Å². The number of para-hydroxylation sites is 1. The van der Waals surface area contributed by atoms with Gasteiger partial charge < -0.3 is 10.1 Å². The summed E-state index contributed by atoms with van der Waals surface area (Å²) in [5, 5.41) is 11.8. The number of fused-ring (bicyclic) bond motifs is 1. The van der Waals surface area contributed by atoms with Crippen LogP contribution in [-0.2, 0) is 4.74 Å². The van der Waals surface area contributed by atoms with E-state index in [-0.39, 0.29) is 0 Å². The Morgan fingerprint density at radius 3 is 2.95 bits per heavy atom. The van der Waals surface area contributed by atoms with Crippen molar-refractivity contribution in [3.63, 3.8) is 0 Å². The van der Waals surface area contributed by atoms with E-state index in [0.717, 1.165) is 37.7 Å². The lowest BCUT2D eigenvalue weighted by molar-refractivity contribution is 0.187. The van der Waals surface area contributed by atoms with Crippen LogP contribution in [0.1, 0.15) is 6.42 Å². The summed E-state index contributed by atoms with van der Waals surface area (Å²) in [5.74, 6) is 1.24. The number of nitrogens with one attached hydrogen (secondary N) is 1. The number of rotatable bonds is 4. The molecule has 0 aliphatic carbocycles. The van der Waals surface area contributed by atoms with Crippen molar-refractivity contribution in [1.29, 1.82) is 0 Å². The number of aromatic nitrogens is 5. The molecule has 1 aliphatic heterocycles. The van der Waals surface area contributed by atoms with Gasteiger partial charge in [0, 0.05) is 19.1 Å². The minimum atomic E-state index is 0.522. The molecule has 1 fully saturated rings. The molecule has 1 N–H and O–H groups in total. The van der Waals surface area contributed by atoms with Gasteiger partial charge in [0.05, 0.1) is 12.3 Å². The van der Waals surface area contributed by atoms with E-state index in [4.69, 9.17) is 4.74 Å². The molecule has 0 amide bonds. The average molecular weight is 296 g/mol. The number of nitrogens with zero attached hydrogens (tertiary/aromatic N) is 5. The molecule has 4 rings (SSSR count). The van der Waals surface area contributed by atoms with E-state index in [1.807, 2.05) is 30.3 Å². The van der Waals surface area contributed by atoms with Crippen molar-refractivity contribution in [1.82, 2.24) is 25.0 Å². The number of benzene rings is 1. The zero-order chi connectivity index (χ0) is 14.8. The van der Waals surface area contributed by atoms with E-state index in [1.165, 1.54) is 0 Å². The third-order valence-corrected chi connectivity index (χ3v) is 3.82. The molecule has 112 valence electrons. The first-order chi connectivity index (χ1) is 10.9. The van der Waals surface area contributed by atoms with Crippen molar-refractivity contribution in [3.05, 3.63) is 36.7 Å². The van der Waals surface area contributed by atoms with Crippen LogP contribution in [0.5, 0.6) is 0 Å². The number of anilines is 1. The van der Waals surface area contributed by atoms with Crippen LogP contribution in [0.15, 0.2) is 36.7 Å². The van der Waals surface area contributed by atoms with E-state index >= 15 is 0 Å². The smallest absolute Gasteiger partial charge is 0.188 e. The predicted molar refractivity (Wildman–Crippen MR) is 81.9 cm³/mol. The summed E-state index contributed by atoms with van der Waals surface area (Å²) in [7, 11) is 0. The normalized spacial score (nSPS) is 17.9. The van der Waals surface area contributed by atoms with Gasteiger partial charge in [-0.05, 0) is 18.6 Å². The largest absolute Gasteiger partial charge is 0.381 e. The van der Waals surface area contributed by atoms with E-state index < -0.39 is 0 Å². The zero-order valence-electron chi connectivity index (χ0n) is 12.0. The second-order valence-electron chi connectivity index (χ2n) is 5.34. The van der Waals surface area contributed by atoms with Gasteiger partial charge in [0.2, 0.25) is 0 Å². The molecular formula is C15H16N6O. The Bertz CT molecular complexity index is 766. The van der Waals surface area contributed by atoms with Crippen LogP contribution in [0, 0.1) is 5.92 Å². The fourth-order valence-corrected chi connectivity index (χ4v) is 2.61. The molecule has 0 saturated carbocycles. The monoisotopic (exact) mass is 296 g/mol. The molecule has 1 unspecified atom stereocenters. The van der Waals surface area contributed by atoms with E-state index in [9.17, 15) is 0 Å². The van der Waals surface area contributed by atoms with Gasteiger partial charge in [-0.1, -0.05) is 23.4 Å². The first-order valence-electron chi connectivity index (χ1n) is 7.35. The lowest BCUT2D eigenvalue weighted by atomic mass is 10.1. The first kappa shape index (κ1) is 13.1. The van der Waals surface area contributed by atoms with Crippen LogP contribution in [0.3, 0.4) is 0 Å². The van der Waals surface area contributed by atoms with Gasteiger partial charge >= 0.3 is 0 Å². The quantitative estimate of drug-likeness (QED) is 0.789. The molecule has 0 radical (unpaired) electrons. The molecule has 0 spiro atoms. The van der Waals surface area contributed by atoms with Crippen LogP contribution in [0.25, 0.3) is 16.9 Å². The predicted octanol–water partition coefficient (Wildman–Crippen LogP) is 1.66. The van der Waals surface area contributed by atoms with Crippen molar-refractivity contribution in [2.24, 2.45) is 5.92 Å². The Kier molecular flexibility index (Phi) is 3.40. The summed E-state index contributed by atoms with van der Waals surface area (Å²) in [6.45, 7) is 2.47. The SMILES string of the molecule is c1ccc(-n2nnc3c(NCC4CCOC4)ncnc32)cc1. The van der Waals surface area contributed by atoms with Crippen molar-refractivity contribution in [2.45, 2.75) is 6.42 Å². The molecular weight excluding hydrogens is 280 g/mol. The molecule has 1 saturated heterocycles. The van der Waals surface area contributed by atoms with E-state index in [1.54, 1.807) is 11.0 Å². The molecule has 1 aromatic carbocycles. The maximum atomic E-state index is 5.39. The molecule has 22 heavy (non-hydrogen) atoms. The van der Waals surface area contributed by atoms with Gasteiger partial charge in [0.1, 0.15) is 6.33 Å².